The number of nitrogens with one attached hydrogen (secondary N) is 3. The highest BCUT2D eigenvalue weighted by Crippen LogP contribution is 2.26. The Morgan fingerprint density at radius 1 is 1.08 bits per heavy atom. The van der Waals surface area contributed by atoms with Gasteiger partial charge in [-0.25, -0.2) is 0 Å². The van der Waals surface area contributed by atoms with E-state index in [4.69, 9.17) is 11.6 Å². The van der Waals surface area contributed by atoms with E-state index in [9.17, 15) is 9.59 Å². The lowest BCUT2D eigenvalue weighted by Gasteiger charge is -2.10. The third kappa shape index (κ3) is 5.36. The molecule has 0 fully saturated rings. The summed E-state index contributed by atoms with van der Waals surface area (Å²) in [6.45, 7) is 6.06. The fourth-order valence-electron chi connectivity index (χ4n) is 2.07. The topological polar surface area (TPSA) is 70.2 Å². The Labute approximate surface area is 152 Å². The summed E-state index contributed by atoms with van der Waals surface area (Å²) in [6.07, 6.45) is 2.13. The molecule has 3 N–H and O–H groups in total. The van der Waals surface area contributed by atoms with Crippen LogP contribution in [0.15, 0.2) is 55.1 Å². The standard InChI is InChI=1S/C19H20ClN3O2/c1-3-11-21-14-7-5-13(6-8-14)19(25)22-15-9-10-17(16(20)12-15)23-18(24)4-2/h3,5-10,12,21H,1,4,11H2,2H3,(H,22,25)(H,23,24). The Balaban J connectivity index is 2.03. The van der Waals surface area contributed by atoms with Crippen molar-refractivity contribution in [1.29, 1.82) is 0 Å². The normalized spacial score (nSPS) is 10.0. The number of hydrogen-bond acceptors (Lipinski definition) is 3. The molecule has 0 unspecified atom stereocenters. The maximum atomic E-state index is 12.3. The van der Waals surface area contributed by atoms with Gasteiger partial charge >= 0.3 is 0 Å². The van der Waals surface area contributed by atoms with E-state index in [1.54, 1.807) is 43.3 Å². The minimum Gasteiger partial charge on any atom is -0.382 e. The number of halogens is 1. The Morgan fingerprint density at radius 2 is 1.76 bits per heavy atom. The first-order valence-corrected chi connectivity index (χ1v) is 8.27. The third-order valence-electron chi connectivity index (χ3n) is 3.42. The van der Waals surface area contributed by atoms with Gasteiger partial charge in [-0.2, -0.15) is 0 Å². The van der Waals surface area contributed by atoms with Gasteiger partial charge in [-0.15, -0.1) is 6.58 Å². The summed E-state index contributed by atoms with van der Waals surface area (Å²) in [5, 5.41) is 8.99. The maximum absolute atomic E-state index is 12.3. The van der Waals surface area contributed by atoms with Crippen LogP contribution in [0, 0.1) is 0 Å². The van der Waals surface area contributed by atoms with Gasteiger partial charge in [0, 0.05) is 29.9 Å². The van der Waals surface area contributed by atoms with Crippen molar-refractivity contribution in [2.24, 2.45) is 0 Å². The molecule has 2 aromatic rings. The Kier molecular flexibility index (Phi) is 6.60. The lowest BCUT2D eigenvalue weighted by atomic mass is 10.2. The van der Waals surface area contributed by atoms with Crippen LogP contribution in [0.3, 0.4) is 0 Å². The van der Waals surface area contributed by atoms with E-state index in [1.165, 1.54) is 0 Å². The average Bonchev–Trinajstić information content (AvgIpc) is 2.62. The molecule has 0 heterocycles. The van der Waals surface area contributed by atoms with Crippen LogP contribution in [0.2, 0.25) is 5.02 Å². The first kappa shape index (κ1) is 18.5. The quantitative estimate of drug-likeness (QED) is 0.637. The zero-order valence-electron chi connectivity index (χ0n) is 13.9. The van der Waals surface area contributed by atoms with Crippen molar-refractivity contribution < 1.29 is 9.59 Å². The molecule has 2 amide bonds. The molecule has 0 saturated heterocycles. The number of amides is 2. The van der Waals surface area contributed by atoms with E-state index in [-0.39, 0.29) is 11.8 Å². The second kappa shape index (κ2) is 8.89. The van der Waals surface area contributed by atoms with Gasteiger partial charge < -0.3 is 16.0 Å². The SMILES string of the molecule is C=CCNc1ccc(C(=O)Nc2ccc(NC(=O)CC)c(Cl)c2)cc1. The van der Waals surface area contributed by atoms with Gasteiger partial charge in [-0.1, -0.05) is 24.6 Å². The number of rotatable bonds is 7. The Bertz CT molecular complexity index is 773. The summed E-state index contributed by atoms with van der Waals surface area (Å²) >= 11 is 6.15. The molecular weight excluding hydrogens is 338 g/mol. The molecule has 0 radical (unpaired) electrons. The van der Waals surface area contributed by atoms with Gasteiger partial charge in [-0.3, -0.25) is 9.59 Å². The molecule has 25 heavy (non-hydrogen) atoms. The molecular formula is C19H20ClN3O2. The van der Waals surface area contributed by atoms with Crippen LogP contribution in [0.4, 0.5) is 17.1 Å². The molecule has 0 aromatic heterocycles. The first-order chi connectivity index (χ1) is 12.0. The lowest BCUT2D eigenvalue weighted by Crippen LogP contribution is -2.13. The minimum atomic E-state index is -0.239. The van der Waals surface area contributed by atoms with Crippen LogP contribution < -0.4 is 16.0 Å². The van der Waals surface area contributed by atoms with E-state index in [2.05, 4.69) is 22.5 Å². The molecule has 2 rings (SSSR count). The predicted octanol–water partition coefficient (Wildman–Crippen LogP) is 4.54. The van der Waals surface area contributed by atoms with Crippen molar-refractivity contribution in [3.8, 4) is 0 Å². The van der Waals surface area contributed by atoms with Gasteiger partial charge in [0.05, 0.1) is 10.7 Å². The summed E-state index contributed by atoms with van der Waals surface area (Å²) in [4.78, 5) is 23.7. The van der Waals surface area contributed by atoms with Gasteiger partial charge in [0.15, 0.2) is 0 Å². The van der Waals surface area contributed by atoms with Gasteiger partial charge in [0.1, 0.15) is 0 Å². The smallest absolute Gasteiger partial charge is 0.255 e. The highest BCUT2D eigenvalue weighted by atomic mass is 35.5. The fourth-order valence-corrected chi connectivity index (χ4v) is 2.29. The number of carbonyl (C=O) groups excluding carboxylic acids is 2. The predicted molar refractivity (Wildman–Crippen MR) is 103 cm³/mol. The van der Waals surface area contributed by atoms with E-state index in [1.807, 2.05) is 12.1 Å². The molecule has 0 bridgehead atoms. The Hall–Kier alpha value is -2.79. The van der Waals surface area contributed by atoms with Crippen molar-refractivity contribution in [3.63, 3.8) is 0 Å². The molecule has 0 aliphatic carbocycles. The van der Waals surface area contributed by atoms with Crippen molar-refractivity contribution in [1.82, 2.24) is 0 Å². The summed E-state index contributed by atoms with van der Waals surface area (Å²) in [5.41, 5.74) is 2.52. The van der Waals surface area contributed by atoms with E-state index in [0.29, 0.717) is 34.9 Å². The van der Waals surface area contributed by atoms with Crippen molar-refractivity contribution in [3.05, 3.63) is 65.7 Å². The highest BCUT2D eigenvalue weighted by molar-refractivity contribution is 6.34. The minimum absolute atomic E-state index is 0.121. The lowest BCUT2D eigenvalue weighted by molar-refractivity contribution is -0.115. The van der Waals surface area contributed by atoms with Crippen LogP contribution in [0.5, 0.6) is 0 Å². The number of benzene rings is 2. The molecule has 0 saturated carbocycles. The van der Waals surface area contributed by atoms with Gasteiger partial charge in [-0.05, 0) is 42.5 Å². The summed E-state index contributed by atoms with van der Waals surface area (Å²) in [6, 6.07) is 12.1. The zero-order valence-corrected chi connectivity index (χ0v) is 14.7. The largest absolute Gasteiger partial charge is 0.382 e. The van der Waals surface area contributed by atoms with E-state index in [0.717, 1.165) is 5.69 Å². The van der Waals surface area contributed by atoms with Crippen LogP contribution in [-0.4, -0.2) is 18.4 Å². The third-order valence-corrected chi connectivity index (χ3v) is 3.73. The Morgan fingerprint density at radius 3 is 2.36 bits per heavy atom. The van der Waals surface area contributed by atoms with Crippen molar-refractivity contribution >= 4 is 40.5 Å². The van der Waals surface area contributed by atoms with E-state index >= 15 is 0 Å². The van der Waals surface area contributed by atoms with Gasteiger partial charge in [0.2, 0.25) is 5.91 Å². The first-order valence-electron chi connectivity index (χ1n) is 7.89. The second-order valence-electron chi connectivity index (χ2n) is 5.30. The average molecular weight is 358 g/mol. The van der Waals surface area contributed by atoms with Crippen molar-refractivity contribution in [2.75, 3.05) is 22.5 Å². The monoisotopic (exact) mass is 357 g/mol. The number of hydrogen-bond donors (Lipinski definition) is 3. The molecule has 6 heteroatoms. The van der Waals surface area contributed by atoms with Crippen LogP contribution in [0.1, 0.15) is 23.7 Å². The molecule has 5 nitrogen and oxygen atoms in total. The van der Waals surface area contributed by atoms with Gasteiger partial charge in [0.25, 0.3) is 5.91 Å². The number of anilines is 3. The summed E-state index contributed by atoms with van der Waals surface area (Å²) < 4.78 is 0. The molecule has 2 aromatic carbocycles. The van der Waals surface area contributed by atoms with Crippen LogP contribution in [-0.2, 0) is 4.79 Å². The molecule has 130 valence electrons. The van der Waals surface area contributed by atoms with Crippen LogP contribution in [0.25, 0.3) is 0 Å². The number of carbonyl (C=O) groups is 2. The summed E-state index contributed by atoms with van der Waals surface area (Å²) in [5.74, 6) is -0.361. The molecule has 0 aliphatic heterocycles. The zero-order chi connectivity index (χ0) is 18.2. The fraction of sp³-hybridized carbons (Fsp3) is 0.158. The highest BCUT2D eigenvalue weighted by Gasteiger charge is 2.09. The summed E-state index contributed by atoms with van der Waals surface area (Å²) in [7, 11) is 0. The molecule has 0 atom stereocenters. The maximum Gasteiger partial charge on any atom is 0.255 e. The van der Waals surface area contributed by atoms with Crippen LogP contribution >= 0.6 is 11.6 Å². The van der Waals surface area contributed by atoms with E-state index < -0.39 is 0 Å². The molecule has 0 spiro atoms. The molecule has 0 aliphatic rings. The second-order valence-corrected chi connectivity index (χ2v) is 5.70. The van der Waals surface area contributed by atoms with Crippen molar-refractivity contribution in [2.45, 2.75) is 13.3 Å².